The number of carbonyl (C=O) groups is 2. The van der Waals surface area contributed by atoms with E-state index in [1.807, 2.05) is 0 Å². The second-order valence-electron chi connectivity index (χ2n) is 5.08. The molecule has 0 radical (unpaired) electrons. The van der Waals surface area contributed by atoms with Gasteiger partial charge in [0, 0.05) is 24.4 Å². The van der Waals surface area contributed by atoms with Gasteiger partial charge in [-0.25, -0.2) is 0 Å². The van der Waals surface area contributed by atoms with Crippen molar-refractivity contribution in [2.24, 2.45) is 0 Å². The Hall–Kier alpha value is -1.46. The quantitative estimate of drug-likeness (QED) is 0.585. The highest BCUT2D eigenvalue weighted by Gasteiger charge is 2.04. The van der Waals surface area contributed by atoms with Gasteiger partial charge in [0.15, 0.2) is 0 Å². The minimum atomic E-state index is -0.783. The van der Waals surface area contributed by atoms with Crippen molar-refractivity contribution >= 4 is 35.1 Å². The molecule has 0 spiro atoms. The zero-order chi connectivity index (χ0) is 17.1. The summed E-state index contributed by atoms with van der Waals surface area (Å²) in [6.45, 7) is 0.968. The van der Waals surface area contributed by atoms with Gasteiger partial charge in [-0.2, -0.15) is 0 Å². The number of aliphatic carboxylic acids is 1. The van der Waals surface area contributed by atoms with Gasteiger partial charge in [0.25, 0.3) is 0 Å². The number of rotatable bonds is 11. The first-order valence-electron chi connectivity index (χ1n) is 7.55. The monoisotopic (exact) mass is 361 g/mol. The molecule has 0 saturated carbocycles. The fourth-order valence-electron chi connectivity index (χ4n) is 1.90. The van der Waals surface area contributed by atoms with E-state index < -0.39 is 5.97 Å². The Morgan fingerprint density at radius 2 is 1.87 bits per heavy atom. The zero-order valence-electron chi connectivity index (χ0n) is 12.8. The van der Waals surface area contributed by atoms with Crippen LogP contribution < -0.4 is 10.1 Å². The molecule has 1 rings (SSSR count). The van der Waals surface area contributed by atoms with Crippen LogP contribution in [0.5, 0.6) is 5.75 Å². The van der Waals surface area contributed by atoms with Crippen LogP contribution in [0.3, 0.4) is 0 Å². The van der Waals surface area contributed by atoms with Gasteiger partial charge >= 0.3 is 5.97 Å². The Balaban J connectivity index is 2.04. The molecule has 0 aliphatic heterocycles. The normalized spacial score (nSPS) is 10.3. The number of ether oxygens (including phenoxy) is 1. The molecule has 0 bridgehead atoms. The van der Waals surface area contributed by atoms with Crippen LogP contribution in [0, 0.1) is 0 Å². The summed E-state index contributed by atoms with van der Waals surface area (Å²) in [5, 5.41) is 12.3. The van der Waals surface area contributed by atoms with Crippen LogP contribution >= 0.6 is 23.2 Å². The summed E-state index contributed by atoms with van der Waals surface area (Å²) in [5.41, 5.74) is 0. The van der Waals surface area contributed by atoms with Crippen LogP contribution in [0.15, 0.2) is 18.2 Å². The lowest BCUT2D eigenvalue weighted by molar-refractivity contribution is -0.137. The predicted molar refractivity (Wildman–Crippen MR) is 90.3 cm³/mol. The molecule has 0 aliphatic rings. The lowest BCUT2D eigenvalue weighted by atomic mass is 10.2. The number of halogens is 2. The van der Waals surface area contributed by atoms with Gasteiger partial charge in [0.1, 0.15) is 5.75 Å². The molecule has 0 heterocycles. The van der Waals surface area contributed by atoms with Crippen LogP contribution in [0.4, 0.5) is 0 Å². The number of amides is 1. The summed E-state index contributed by atoms with van der Waals surface area (Å²) in [4.78, 5) is 21.9. The summed E-state index contributed by atoms with van der Waals surface area (Å²) < 4.78 is 5.50. The highest BCUT2D eigenvalue weighted by atomic mass is 35.5. The van der Waals surface area contributed by atoms with Crippen molar-refractivity contribution in [1.82, 2.24) is 5.32 Å². The van der Waals surface area contributed by atoms with Gasteiger partial charge < -0.3 is 15.2 Å². The molecular formula is C16H21Cl2NO4. The molecule has 1 aromatic carbocycles. The molecule has 2 N–H and O–H groups in total. The fraction of sp³-hybridized carbons (Fsp3) is 0.500. The van der Waals surface area contributed by atoms with Gasteiger partial charge in [-0.15, -0.1) is 0 Å². The maximum absolute atomic E-state index is 11.6. The van der Waals surface area contributed by atoms with Crippen molar-refractivity contribution in [3.05, 3.63) is 28.2 Å². The maximum atomic E-state index is 11.6. The van der Waals surface area contributed by atoms with Crippen molar-refractivity contribution < 1.29 is 19.4 Å². The third-order valence-electron chi connectivity index (χ3n) is 3.09. The largest absolute Gasteiger partial charge is 0.492 e. The Kier molecular flexibility index (Phi) is 9.48. The van der Waals surface area contributed by atoms with Crippen LogP contribution in [-0.2, 0) is 9.59 Å². The van der Waals surface area contributed by atoms with E-state index in [0.29, 0.717) is 48.2 Å². The van der Waals surface area contributed by atoms with E-state index in [1.165, 1.54) is 0 Å². The minimum Gasteiger partial charge on any atom is -0.492 e. The SMILES string of the molecule is O=C(O)CCCCCNC(=O)CCCOc1ccc(Cl)cc1Cl. The number of carbonyl (C=O) groups excluding carboxylic acids is 1. The second-order valence-corrected chi connectivity index (χ2v) is 5.92. The zero-order valence-corrected chi connectivity index (χ0v) is 14.3. The van der Waals surface area contributed by atoms with Gasteiger partial charge in [-0.05, 0) is 37.5 Å². The average Bonchev–Trinajstić information content (AvgIpc) is 2.48. The smallest absolute Gasteiger partial charge is 0.303 e. The second kappa shape index (κ2) is 11.1. The number of unbranched alkanes of at least 4 members (excludes halogenated alkanes) is 2. The summed E-state index contributed by atoms with van der Waals surface area (Å²) >= 11 is 11.8. The highest BCUT2D eigenvalue weighted by molar-refractivity contribution is 6.35. The molecule has 0 unspecified atom stereocenters. The van der Waals surface area contributed by atoms with E-state index in [9.17, 15) is 9.59 Å². The Morgan fingerprint density at radius 1 is 1.09 bits per heavy atom. The average molecular weight is 362 g/mol. The predicted octanol–water partition coefficient (Wildman–Crippen LogP) is 3.91. The first-order chi connectivity index (χ1) is 11.0. The van der Waals surface area contributed by atoms with Gasteiger partial charge in [0.2, 0.25) is 5.91 Å². The molecule has 1 aromatic rings. The number of carboxylic acid groups (broad SMARTS) is 1. The summed E-state index contributed by atoms with van der Waals surface area (Å²) in [6, 6.07) is 5.00. The molecule has 0 saturated heterocycles. The van der Waals surface area contributed by atoms with E-state index in [2.05, 4.69) is 5.32 Å². The Labute approximate surface area is 145 Å². The third-order valence-corrected chi connectivity index (χ3v) is 3.62. The van der Waals surface area contributed by atoms with E-state index in [-0.39, 0.29) is 12.3 Å². The number of benzene rings is 1. The Bertz CT molecular complexity index is 523. The number of hydrogen-bond acceptors (Lipinski definition) is 3. The van der Waals surface area contributed by atoms with Crippen LogP contribution in [0.25, 0.3) is 0 Å². The van der Waals surface area contributed by atoms with Crippen molar-refractivity contribution in [2.75, 3.05) is 13.2 Å². The van der Waals surface area contributed by atoms with E-state index >= 15 is 0 Å². The van der Waals surface area contributed by atoms with Gasteiger partial charge in [-0.1, -0.05) is 29.6 Å². The van der Waals surface area contributed by atoms with Crippen LogP contribution in [0.2, 0.25) is 10.0 Å². The van der Waals surface area contributed by atoms with E-state index in [0.717, 1.165) is 12.8 Å². The van der Waals surface area contributed by atoms with Gasteiger partial charge in [0.05, 0.1) is 11.6 Å². The van der Waals surface area contributed by atoms with E-state index in [1.54, 1.807) is 18.2 Å². The first-order valence-corrected chi connectivity index (χ1v) is 8.31. The van der Waals surface area contributed by atoms with Crippen molar-refractivity contribution in [2.45, 2.75) is 38.5 Å². The summed E-state index contributed by atoms with van der Waals surface area (Å²) in [6.07, 6.45) is 3.37. The Morgan fingerprint density at radius 3 is 2.57 bits per heavy atom. The van der Waals surface area contributed by atoms with Crippen LogP contribution in [0.1, 0.15) is 38.5 Å². The molecule has 0 aliphatic carbocycles. The molecule has 7 heteroatoms. The molecule has 0 aromatic heterocycles. The number of carboxylic acids is 1. The molecule has 0 atom stereocenters. The number of hydrogen-bond donors (Lipinski definition) is 2. The standard InChI is InChI=1S/C16H21Cl2NO4/c17-12-7-8-14(13(18)11-12)23-10-4-5-15(20)19-9-3-1-2-6-16(21)22/h7-8,11H,1-6,9-10H2,(H,19,20)(H,21,22). The summed E-state index contributed by atoms with van der Waals surface area (Å²) in [7, 11) is 0. The molecule has 1 amide bonds. The first kappa shape index (κ1) is 19.6. The van der Waals surface area contributed by atoms with Crippen molar-refractivity contribution in [3.63, 3.8) is 0 Å². The maximum Gasteiger partial charge on any atom is 0.303 e. The minimum absolute atomic E-state index is 0.0333. The molecule has 0 fully saturated rings. The van der Waals surface area contributed by atoms with E-state index in [4.69, 9.17) is 33.0 Å². The topological polar surface area (TPSA) is 75.6 Å². The van der Waals surface area contributed by atoms with Gasteiger partial charge in [-0.3, -0.25) is 9.59 Å². The summed E-state index contributed by atoms with van der Waals surface area (Å²) in [5.74, 6) is -0.265. The number of nitrogens with one attached hydrogen (secondary N) is 1. The lowest BCUT2D eigenvalue weighted by Crippen LogP contribution is -2.24. The molecule has 5 nitrogen and oxygen atoms in total. The highest BCUT2D eigenvalue weighted by Crippen LogP contribution is 2.27. The fourth-order valence-corrected chi connectivity index (χ4v) is 2.36. The third kappa shape index (κ3) is 9.31. The molecule has 23 heavy (non-hydrogen) atoms. The lowest BCUT2D eigenvalue weighted by Gasteiger charge is -2.08. The molecule has 128 valence electrons. The van der Waals surface area contributed by atoms with Crippen LogP contribution in [-0.4, -0.2) is 30.1 Å². The molecular weight excluding hydrogens is 341 g/mol. The van der Waals surface area contributed by atoms with Crippen molar-refractivity contribution in [1.29, 1.82) is 0 Å². The van der Waals surface area contributed by atoms with Crippen molar-refractivity contribution in [3.8, 4) is 5.75 Å².